The third-order valence-corrected chi connectivity index (χ3v) is 5.35. The third-order valence-electron chi connectivity index (χ3n) is 5.35. The number of morpholine rings is 1. The van der Waals surface area contributed by atoms with Gasteiger partial charge in [0.05, 0.1) is 17.7 Å². The number of fused-ring (bicyclic) bond motifs is 1. The molecule has 1 heterocycles. The zero-order chi connectivity index (χ0) is 15.0. The van der Waals surface area contributed by atoms with Crippen LogP contribution in [0.1, 0.15) is 50.7 Å². The number of ether oxygens (including phenoxy) is 1. The van der Waals surface area contributed by atoms with Gasteiger partial charge < -0.3 is 10.5 Å². The summed E-state index contributed by atoms with van der Waals surface area (Å²) in [4.78, 5) is 2.59. The number of nitrogens with zero attached hydrogens (tertiary/aromatic N) is 1. The molecule has 1 fully saturated rings. The molecule has 0 bridgehead atoms. The van der Waals surface area contributed by atoms with Crippen LogP contribution in [0.2, 0.25) is 0 Å². The monoisotopic (exact) mass is 288 g/mol. The average Bonchev–Trinajstić information content (AvgIpc) is 2.47. The van der Waals surface area contributed by atoms with Crippen LogP contribution in [-0.2, 0) is 10.3 Å². The van der Waals surface area contributed by atoms with Crippen LogP contribution >= 0.6 is 0 Å². The molecule has 0 aromatic heterocycles. The quantitative estimate of drug-likeness (QED) is 0.909. The lowest BCUT2D eigenvalue weighted by Crippen LogP contribution is -2.59. The van der Waals surface area contributed by atoms with Gasteiger partial charge in [0, 0.05) is 19.6 Å². The Kier molecular flexibility index (Phi) is 4.08. The average molecular weight is 288 g/mol. The first-order valence-electron chi connectivity index (χ1n) is 8.27. The summed E-state index contributed by atoms with van der Waals surface area (Å²) in [5.74, 6) is 0.636. The van der Waals surface area contributed by atoms with Crippen molar-refractivity contribution in [1.29, 1.82) is 0 Å². The van der Waals surface area contributed by atoms with E-state index in [1.807, 2.05) is 0 Å². The highest BCUT2D eigenvalue weighted by molar-refractivity contribution is 5.39. The predicted molar refractivity (Wildman–Crippen MR) is 86.4 cm³/mol. The van der Waals surface area contributed by atoms with E-state index in [1.165, 1.54) is 17.5 Å². The van der Waals surface area contributed by atoms with Crippen molar-refractivity contribution in [2.24, 2.45) is 5.73 Å². The Bertz CT molecular complexity index is 494. The summed E-state index contributed by atoms with van der Waals surface area (Å²) in [5.41, 5.74) is 9.27. The Hall–Kier alpha value is -0.900. The van der Waals surface area contributed by atoms with Crippen LogP contribution in [-0.4, -0.2) is 36.7 Å². The normalized spacial score (nSPS) is 37.2. The third kappa shape index (κ3) is 2.52. The number of hydrogen-bond acceptors (Lipinski definition) is 3. The van der Waals surface area contributed by atoms with Crippen molar-refractivity contribution in [2.45, 2.75) is 57.3 Å². The summed E-state index contributed by atoms with van der Waals surface area (Å²) in [5, 5.41) is 0. The van der Waals surface area contributed by atoms with Crippen molar-refractivity contribution >= 4 is 0 Å². The van der Waals surface area contributed by atoms with Crippen LogP contribution in [0.4, 0.5) is 0 Å². The van der Waals surface area contributed by atoms with Gasteiger partial charge in [-0.2, -0.15) is 0 Å². The van der Waals surface area contributed by atoms with E-state index in [4.69, 9.17) is 10.5 Å². The summed E-state index contributed by atoms with van der Waals surface area (Å²) in [6.07, 6.45) is 2.93. The van der Waals surface area contributed by atoms with Crippen LogP contribution in [0.15, 0.2) is 24.3 Å². The highest BCUT2D eigenvalue weighted by atomic mass is 16.5. The minimum atomic E-state index is -0.00456. The van der Waals surface area contributed by atoms with Crippen molar-refractivity contribution in [2.75, 3.05) is 19.6 Å². The van der Waals surface area contributed by atoms with Crippen LogP contribution in [0.5, 0.6) is 0 Å². The standard InChI is InChI=1S/C18H28N2O/c1-13-8-9-18(12-19,17-7-5-4-6-16(13)17)20-10-14(2)21-15(3)11-20/h4-7,13-15H,8-12,19H2,1-3H3/t13?,14-,15+,18?. The lowest BCUT2D eigenvalue weighted by Gasteiger charge is -2.51. The minimum absolute atomic E-state index is 0.00456. The molecule has 0 saturated carbocycles. The van der Waals surface area contributed by atoms with Gasteiger partial charge >= 0.3 is 0 Å². The van der Waals surface area contributed by atoms with Gasteiger partial charge in [-0.05, 0) is 43.7 Å². The van der Waals surface area contributed by atoms with Gasteiger partial charge in [0.1, 0.15) is 0 Å². The molecule has 0 spiro atoms. The van der Waals surface area contributed by atoms with Crippen LogP contribution in [0.3, 0.4) is 0 Å². The topological polar surface area (TPSA) is 38.5 Å². The van der Waals surface area contributed by atoms with Gasteiger partial charge in [-0.15, -0.1) is 0 Å². The van der Waals surface area contributed by atoms with Crippen LogP contribution in [0.25, 0.3) is 0 Å². The molecule has 0 radical (unpaired) electrons. The second-order valence-electron chi connectivity index (χ2n) is 6.92. The Morgan fingerprint density at radius 1 is 1.19 bits per heavy atom. The molecule has 1 aromatic rings. The maximum atomic E-state index is 6.34. The van der Waals surface area contributed by atoms with Crippen molar-refractivity contribution in [3.8, 4) is 0 Å². The summed E-state index contributed by atoms with van der Waals surface area (Å²) in [7, 11) is 0. The van der Waals surface area contributed by atoms with Gasteiger partial charge in [-0.1, -0.05) is 31.2 Å². The molecular formula is C18H28N2O. The number of rotatable bonds is 2. The molecule has 2 unspecified atom stereocenters. The number of nitrogens with two attached hydrogens (primary N) is 1. The second kappa shape index (κ2) is 5.71. The van der Waals surface area contributed by atoms with Crippen molar-refractivity contribution in [3.63, 3.8) is 0 Å². The molecule has 3 rings (SSSR count). The zero-order valence-corrected chi connectivity index (χ0v) is 13.5. The minimum Gasteiger partial charge on any atom is -0.373 e. The first-order valence-corrected chi connectivity index (χ1v) is 8.27. The Labute approximate surface area is 128 Å². The predicted octanol–water partition coefficient (Wildman–Crippen LogP) is 2.85. The lowest BCUT2D eigenvalue weighted by atomic mass is 9.71. The first kappa shape index (κ1) is 15.0. The van der Waals surface area contributed by atoms with Gasteiger partial charge in [0.25, 0.3) is 0 Å². The van der Waals surface area contributed by atoms with Crippen molar-refractivity contribution in [3.05, 3.63) is 35.4 Å². The molecule has 1 aromatic carbocycles. The van der Waals surface area contributed by atoms with Gasteiger partial charge in [-0.3, -0.25) is 4.90 Å². The molecule has 4 atom stereocenters. The van der Waals surface area contributed by atoms with Crippen LogP contribution < -0.4 is 5.73 Å². The lowest BCUT2D eigenvalue weighted by molar-refractivity contribution is -0.106. The van der Waals surface area contributed by atoms with Crippen molar-refractivity contribution in [1.82, 2.24) is 4.90 Å². The summed E-state index contributed by atoms with van der Waals surface area (Å²) in [6.45, 7) is 9.32. The van der Waals surface area contributed by atoms with E-state index >= 15 is 0 Å². The van der Waals surface area contributed by atoms with E-state index in [1.54, 1.807) is 0 Å². The van der Waals surface area contributed by atoms with Gasteiger partial charge in [0.2, 0.25) is 0 Å². The SMILES string of the molecule is CC1CCC(CN)(N2C[C@@H](C)O[C@@H](C)C2)c2ccccc21. The van der Waals surface area contributed by atoms with E-state index in [9.17, 15) is 0 Å². The molecule has 2 aliphatic rings. The smallest absolute Gasteiger partial charge is 0.0678 e. The van der Waals surface area contributed by atoms with Crippen LogP contribution in [0, 0.1) is 0 Å². The fourth-order valence-corrected chi connectivity index (χ4v) is 4.29. The molecule has 3 heteroatoms. The Morgan fingerprint density at radius 2 is 1.86 bits per heavy atom. The number of benzene rings is 1. The summed E-state index contributed by atoms with van der Waals surface area (Å²) in [6, 6.07) is 8.90. The first-order chi connectivity index (χ1) is 10.1. The Balaban J connectivity index is 2.02. The molecule has 1 aliphatic heterocycles. The zero-order valence-electron chi connectivity index (χ0n) is 13.5. The maximum Gasteiger partial charge on any atom is 0.0678 e. The van der Waals surface area contributed by atoms with Gasteiger partial charge in [0.15, 0.2) is 0 Å². The molecule has 21 heavy (non-hydrogen) atoms. The molecular weight excluding hydrogens is 260 g/mol. The molecule has 0 amide bonds. The highest BCUT2D eigenvalue weighted by Crippen LogP contribution is 2.45. The van der Waals surface area contributed by atoms with E-state index in [2.05, 4.69) is 49.9 Å². The fraction of sp³-hybridized carbons (Fsp3) is 0.667. The summed E-state index contributed by atoms with van der Waals surface area (Å²) < 4.78 is 5.92. The Morgan fingerprint density at radius 3 is 2.52 bits per heavy atom. The maximum absolute atomic E-state index is 6.34. The molecule has 1 saturated heterocycles. The van der Waals surface area contributed by atoms with E-state index in [0.29, 0.717) is 12.5 Å². The molecule has 2 N–H and O–H groups in total. The molecule has 3 nitrogen and oxygen atoms in total. The summed E-state index contributed by atoms with van der Waals surface area (Å²) >= 11 is 0. The van der Waals surface area contributed by atoms with E-state index in [-0.39, 0.29) is 17.7 Å². The second-order valence-corrected chi connectivity index (χ2v) is 6.92. The van der Waals surface area contributed by atoms with Gasteiger partial charge in [-0.25, -0.2) is 0 Å². The van der Waals surface area contributed by atoms with E-state index in [0.717, 1.165) is 19.5 Å². The van der Waals surface area contributed by atoms with E-state index < -0.39 is 0 Å². The number of hydrogen-bond donors (Lipinski definition) is 1. The molecule has 116 valence electrons. The largest absolute Gasteiger partial charge is 0.373 e. The molecule has 1 aliphatic carbocycles. The highest BCUT2D eigenvalue weighted by Gasteiger charge is 2.44. The van der Waals surface area contributed by atoms with Crippen molar-refractivity contribution < 1.29 is 4.74 Å². The fourth-order valence-electron chi connectivity index (χ4n) is 4.29.